The number of aromatic nitrogens is 2. The van der Waals surface area contributed by atoms with Crippen LogP contribution in [0.5, 0.6) is 5.88 Å². The lowest BCUT2D eigenvalue weighted by Crippen LogP contribution is -2.44. The molecular weight excluding hydrogens is 292 g/mol. The number of anilines is 1. The second-order valence-electron chi connectivity index (χ2n) is 6.85. The van der Waals surface area contributed by atoms with Gasteiger partial charge in [0.25, 0.3) is 0 Å². The molecule has 0 unspecified atom stereocenters. The molecule has 0 amide bonds. The molecule has 1 saturated heterocycles. The molecule has 1 saturated carbocycles. The van der Waals surface area contributed by atoms with Crippen LogP contribution in [-0.2, 0) is 12.8 Å². The van der Waals surface area contributed by atoms with Gasteiger partial charge in [-0.05, 0) is 44.9 Å². The van der Waals surface area contributed by atoms with Gasteiger partial charge in [0.05, 0.1) is 11.8 Å². The van der Waals surface area contributed by atoms with Crippen molar-refractivity contribution in [3.8, 4) is 5.88 Å². The quantitative estimate of drug-likeness (QED) is 0.868. The van der Waals surface area contributed by atoms with Gasteiger partial charge in [0, 0.05) is 31.7 Å². The minimum Gasteiger partial charge on any atom is -0.471 e. The molecule has 2 heterocycles. The van der Waals surface area contributed by atoms with E-state index in [0.29, 0.717) is 0 Å². The van der Waals surface area contributed by atoms with E-state index in [0.717, 1.165) is 75.8 Å². The zero-order valence-electron chi connectivity index (χ0n) is 13.6. The minimum atomic E-state index is -0.355. The van der Waals surface area contributed by atoms with Crippen LogP contribution in [0.25, 0.3) is 0 Å². The van der Waals surface area contributed by atoms with Crippen molar-refractivity contribution in [2.45, 2.75) is 57.2 Å². The van der Waals surface area contributed by atoms with E-state index in [1.54, 1.807) is 0 Å². The fourth-order valence-corrected chi connectivity index (χ4v) is 3.84. The number of piperazine rings is 1. The second-order valence-corrected chi connectivity index (χ2v) is 6.85. The van der Waals surface area contributed by atoms with Gasteiger partial charge in [-0.1, -0.05) is 0 Å². The Morgan fingerprint density at radius 2 is 1.87 bits per heavy atom. The van der Waals surface area contributed by atoms with Crippen LogP contribution in [0.3, 0.4) is 0 Å². The summed E-state index contributed by atoms with van der Waals surface area (Å²) in [6.45, 7) is 3.81. The van der Waals surface area contributed by atoms with Crippen LogP contribution in [0, 0.1) is 0 Å². The fraction of sp³-hybridized carbons (Fsp3) is 0.765. The highest BCUT2D eigenvalue weighted by Gasteiger charge is 2.30. The van der Waals surface area contributed by atoms with Crippen molar-refractivity contribution < 1.29 is 9.84 Å². The van der Waals surface area contributed by atoms with Gasteiger partial charge in [-0.3, -0.25) is 0 Å². The van der Waals surface area contributed by atoms with E-state index in [2.05, 4.69) is 10.2 Å². The van der Waals surface area contributed by atoms with Gasteiger partial charge in [-0.15, -0.1) is 0 Å². The first-order valence-corrected chi connectivity index (χ1v) is 9.01. The molecule has 2 aliphatic carbocycles. The number of rotatable bonds is 3. The molecule has 0 radical (unpaired) electrons. The summed E-state index contributed by atoms with van der Waals surface area (Å²) in [4.78, 5) is 11.8. The highest BCUT2D eigenvalue weighted by molar-refractivity contribution is 5.42. The predicted molar refractivity (Wildman–Crippen MR) is 88.0 cm³/mol. The van der Waals surface area contributed by atoms with Crippen molar-refractivity contribution in [2.24, 2.45) is 0 Å². The highest BCUT2D eigenvalue weighted by atomic mass is 16.5. The molecule has 6 nitrogen and oxygen atoms in total. The topological polar surface area (TPSA) is 70.5 Å². The summed E-state index contributed by atoms with van der Waals surface area (Å²) < 4.78 is 6.17. The third-order valence-electron chi connectivity index (χ3n) is 5.21. The maximum Gasteiger partial charge on any atom is 0.228 e. The van der Waals surface area contributed by atoms with Gasteiger partial charge in [0.2, 0.25) is 11.8 Å². The largest absolute Gasteiger partial charge is 0.471 e. The molecule has 2 N–H and O–H groups in total. The first-order chi connectivity index (χ1) is 11.3. The van der Waals surface area contributed by atoms with E-state index >= 15 is 0 Å². The monoisotopic (exact) mass is 318 g/mol. The van der Waals surface area contributed by atoms with Gasteiger partial charge < -0.3 is 20.1 Å². The number of hydrogen-bond donors (Lipinski definition) is 2. The van der Waals surface area contributed by atoms with Crippen molar-refractivity contribution in [1.82, 2.24) is 15.3 Å². The van der Waals surface area contributed by atoms with E-state index in [-0.39, 0.29) is 12.2 Å². The molecule has 6 heteroatoms. The molecule has 2 atom stereocenters. The first kappa shape index (κ1) is 15.1. The summed E-state index contributed by atoms with van der Waals surface area (Å²) in [5.74, 6) is 1.53. The molecule has 2 fully saturated rings. The number of hydrogen-bond acceptors (Lipinski definition) is 6. The van der Waals surface area contributed by atoms with E-state index in [9.17, 15) is 5.11 Å². The van der Waals surface area contributed by atoms with Crippen LogP contribution in [0.15, 0.2) is 0 Å². The Balaban J connectivity index is 1.64. The minimum absolute atomic E-state index is 0.105. The van der Waals surface area contributed by atoms with Crippen molar-refractivity contribution >= 4 is 5.95 Å². The lowest BCUT2D eigenvalue weighted by atomic mass is 9.97. The standard InChI is InChI=1S/C17H26N4O2/c22-14-6-3-7-15(14)23-16-12-4-1-2-5-13(12)19-17(20-16)21-10-8-18-9-11-21/h14-15,18,22H,1-11H2/t14-,15-/m0/s1. The maximum atomic E-state index is 10.1. The molecule has 0 spiro atoms. The van der Waals surface area contributed by atoms with Crippen LogP contribution in [0.2, 0.25) is 0 Å². The third-order valence-corrected chi connectivity index (χ3v) is 5.21. The summed E-state index contributed by atoms with van der Waals surface area (Å²) in [7, 11) is 0. The Morgan fingerprint density at radius 1 is 1.04 bits per heavy atom. The number of aliphatic hydroxyl groups excluding tert-OH is 1. The SMILES string of the molecule is O[C@H]1CCC[C@@H]1Oc1nc(N2CCNCC2)nc2c1CCCC2. The number of aryl methyl sites for hydroxylation is 1. The average molecular weight is 318 g/mol. The van der Waals surface area contributed by atoms with E-state index < -0.39 is 0 Å². The van der Waals surface area contributed by atoms with E-state index in [4.69, 9.17) is 14.7 Å². The normalized spacial score (nSPS) is 27.8. The van der Waals surface area contributed by atoms with Crippen molar-refractivity contribution in [3.63, 3.8) is 0 Å². The number of nitrogens with zero attached hydrogens (tertiary/aromatic N) is 3. The zero-order chi connectivity index (χ0) is 15.6. The number of aliphatic hydroxyl groups is 1. The van der Waals surface area contributed by atoms with Crippen molar-refractivity contribution in [3.05, 3.63) is 11.3 Å². The third kappa shape index (κ3) is 3.15. The molecule has 23 heavy (non-hydrogen) atoms. The Labute approximate surface area is 137 Å². The fourth-order valence-electron chi connectivity index (χ4n) is 3.84. The van der Waals surface area contributed by atoms with Gasteiger partial charge in [0.15, 0.2) is 0 Å². The van der Waals surface area contributed by atoms with Gasteiger partial charge in [0.1, 0.15) is 6.10 Å². The Bertz CT molecular complexity index is 560. The summed E-state index contributed by atoms with van der Waals surface area (Å²) in [5.41, 5.74) is 2.33. The van der Waals surface area contributed by atoms with Crippen LogP contribution >= 0.6 is 0 Å². The van der Waals surface area contributed by atoms with Gasteiger partial charge in [-0.25, -0.2) is 4.98 Å². The van der Waals surface area contributed by atoms with E-state index in [1.807, 2.05) is 0 Å². The van der Waals surface area contributed by atoms with Gasteiger partial charge in [-0.2, -0.15) is 4.98 Å². The Hall–Kier alpha value is -1.40. The molecule has 4 rings (SSSR count). The molecular formula is C17H26N4O2. The predicted octanol–water partition coefficient (Wildman–Crippen LogP) is 1.06. The lowest BCUT2D eigenvalue weighted by Gasteiger charge is -2.30. The molecule has 1 aromatic heterocycles. The molecule has 0 aromatic carbocycles. The molecule has 1 aliphatic heterocycles. The maximum absolute atomic E-state index is 10.1. The Morgan fingerprint density at radius 3 is 2.65 bits per heavy atom. The van der Waals surface area contributed by atoms with Crippen LogP contribution < -0.4 is 15.0 Å². The highest BCUT2D eigenvalue weighted by Crippen LogP contribution is 2.32. The molecule has 3 aliphatic rings. The Kier molecular flexibility index (Phi) is 4.35. The average Bonchev–Trinajstić information content (AvgIpc) is 3.00. The first-order valence-electron chi connectivity index (χ1n) is 9.01. The smallest absolute Gasteiger partial charge is 0.228 e. The van der Waals surface area contributed by atoms with Gasteiger partial charge >= 0.3 is 0 Å². The lowest BCUT2D eigenvalue weighted by molar-refractivity contribution is 0.0565. The number of ether oxygens (including phenoxy) is 1. The summed E-state index contributed by atoms with van der Waals surface area (Å²) >= 11 is 0. The van der Waals surface area contributed by atoms with Crippen LogP contribution in [-0.4, -0.2) is 53.5 Å². The summed E-state index contributed by atoms with van der Waals surface area (Å²) in [6, 6.07) is 0. The van der Waals surface area contributed by atoms with Crippen molar-refractivity contribution in [2.75, 3.05) is 31.1 Å². The van der Waals surface area contributed by atoms with Crippen LogP contribution in [0.1, 0.15) is 43.4 Å². The molecule has 0 bridgehead atoms. The van der Waals surface area contributed by atoms with E-state index in [1.165, 1.54) is 18.4 Å². The number of fused-ring (bicyclic) bond motifs is 1. The zero-order valence-corrected chi connectivity index (χ0v) is 13.6. The van der Waals surface area contributed by atoms with Crippen LogP contribution in [0.4, 0.5) is 5.95 Å². The number of nitrogens with one attached hydrogen (secondary N) is 1. The van der Waals surface area contributed by atoms with Crippen molar-refractivity contribution in [1.29, 1.82) is 0 Å². The molecule has 126 valence electrons. The summed E-state index contributed by atoms with van der Waals surface area (Å²) in [6.07, 6.45) is 6.70. The summed E-state index contributed by atoms with van der Waals surface area (Å²) in [5, 5.41) is 13.4. The second kappa shape index (κ2) is 6.61. The molecule has 1 aromatic rings.